The summed E-state index contributed by atoms with van der Waals surface area (Å²) in [7, 11) is 0. The summed E-state index contributed by atoms with van der Waals surface area (Å²) in [5.74, 6) is -0.0247. The minimum absolute atomic E-state index is 0.0400. The number of nitrogens with zero attached hydrogens (tertiary/aromatic N) is 1. The van der Waals surface area contributed by atoms with Crippen molar-refractivity contribution in [3.63, 3.8) is 0 Å². The van der Waals surface area contributed by atoms with Crippen molar-refractivity contribution in [2.24, 2.45) is 0 Å². The van der Waals surface area contributed by atoms with Gasteiger partial charge in [-0.25, -0.2) is 0 Å². The minimum Gasteiger partial charge on any atom is -0.342 e. The molecule has 3 rings (SSSR count). The fourth-order valence-corrected chi connectivity index (χ4v) is 2.83. The van der Waals surface area contributed by atoms with Gasteiger partial charge in [-0.1, -0.05) is 30.3 Å². The molecular weight excluding hydrogens is 240 g/mol. The number of hydrogen-bond acceptors (Lipinski definition) is 2. The number of rotatable bonds is 2. The van der Waals surface area contributed by atoms with E-state index in [1.54, 1.807) is 6.92 Å². The maximum Gasteiger partial charge on any atom is 0.248 e. The molecule has 0 aromatic heterocycles. The predicted octanol–water partition coefficient (Wildman–Crippen LogP) is 1.63. The van der Waals surface area contributed by atoms with Crippen LogP contribution in [0.1, 0.15) is 37.8 Å². The van der Waals surface area contributed by atoms with Crippen molar-refractivity contribution in [1.29, 1.82) is 0 Å². The molecule has 2 atom stereocenters. The van der Waals surface area contributed by atoms with Gasteiger partial charge in [0.1, 0.15) is 12.1 Å². The molecule has 4 heteroatoms. The van der Waals surface area contributed by atoms with Crippen molar-refractivity contribution in [2.75, 3.05) is 0 Å². The second-order valence-corrected chi connectivity index (χ2v) is 5.37. The Morgan fingerprint density at radius 3 is 2.42 bits per heavy atom. The number of amides is 2. The van der Waals surface area contributed by atoms with Crippen molar-refractivity contribution in [3.8, 4) is 0 Å². The van der Waals surface area contributed by atoms with Gasteiger partial charge in [-0.3, -0.25) is 9.59 Å². The molecule has 2 unspecified atom stereocenters. The van der Waals surface area contributed by atoms with Crippen molar-refractivity contribution in [2.45, 2.75) is 44.3 Å². The van der Waals surface area contributed by atoms with Gasteiger partial charge in [-0.05, 0) is 31.7 Å². The van der Waals surface area contributed by atoms with E-state index in [-0.39, 0.29) is 17.9 Å². The summed E-state index contributed by atoms with van der Waals surface area (Å²) in [6.45, 7) is 1.76. The Hall–Kier alpha value is -1.84. The molecule has 1 aromatic carbocycles. The Morgan fingerprint density at radius 2 is 1.84 bits per heavy atom. The molecule has 4 nitrogen and oxygen atoms in total. The number of piperazine rings is 1. The summed E-state index contributed by atoms with van der Waals surface area (Å²) in [4.78, 5) is 26.5. The van der Waals surface area contributed by atoms with E-state index in [9.17, 15) is 9.59 Å². The molecule has 2 aliphatic rings. The zero-order valence-corrected chi connectivity index (χ0v) is 11.0. The van der Waals surface area contributed by atoms with Crippen LogP contribution in [0.5, 0.6) is 0 Å². The second-order valence-electron chi connectivity index (χ2n) is 5.37. The highest BCUT2D eigenvalue weighted by atomic mass is 16.2. The minimum atomic E-state index is -0.463. The lowest BCUT2D eigenvalue weighted by Crippen LogP contribution is -2.62. The molecule has 19 heavy (non-hydrogen) atoms. The first kappa shape index (κ1) is 12.2. The molecule has 1 saturated carbocycles. The van der Waals surface area contributed by atoms with Gasteiger partial charge in [0.2, 0.25) is 11.8 Å². The molecular formula is C15H18N2O2. The first-order chi connectivity index (χ1) is 9.18. The van der Waals surface area contributed by atoms with Crippen LogP contribution in [0.15, 0.2) is 30.3 Å². The zero-order chi connectivity index (χ0) is 13.4. The zero-order valence-electron chi connectivity index (χ0n) is 11.0. The lowest BCUT2D eigenvalue weighted by molar-refractivity contribution is -0.154. The summed E-state index contributed by atoms with van der Waals surface area (Å²) >= 11 is 0. The van der Waals surface area contributed by atoms with E-state index in [0.29, 0.717) is 0 Å². The smallest absolute Gasteiger partial charge is 0.248 e. The molecule has 0 radical (unpaired) electrons. The first-order valence-electron chi connectivity index (χ1n) is 6.86. The standard InChI is InChI=1S/C15H18N2O2/c1-10-15(19)17(12-8-5-9-12)13(14(18)16-10)11-6-3-2-4-7-11/h2-4,6-7,10,12-13H,5,8-9H2,1H3,(H,16,18). The molecule has 2 fully saturated rings. The summed E-state index contributed by atoms with van der Waals surface area (Å²) < 4.78 is 0. The molecule has 1 aliphatic heterocycles. The molecule has 1 aliphatic carbocycles. The molecule has 100 valence electrons. The van der Waals surface area contributed by atoms with Crippen LogP contribution >= 0.6 is 0 Å². The first-order valence-corrected chi connectivity index (χ1v) is 6.86. The maximum absolute atomic E-state index is 12.4. The van der Waals surface area contributed by atoms with E-state index >= 15 is 0 Å². The van der Waals surface area contributed by atoms with Crippen LogP contribution in [-0.2, 0) is 9.59 Å². The van der Waals surface area contributed by atoms with Crippen LogP contribution in [-0.4, -0.2) is 28.8 Å². The number of hydrogen-bond donors (Lipinski definition) is 1. The maximum atomic E-state index is 12.4. The van der Waals surface area contributed by atoms with Gasteiger partial charge in [-0.2, -0.15) is 0 Å². The fourth-order valence-electron chi connectivity index (χ4n) is 2.83. The van der Waals surface area contributed by atoms with Gasteiger partial charge in [-0.15, -0.1) is 0 Å². The molecule has 0 bridgehead atoms. The van der Waals surface area contributed by atoms with E-state index in [1.165, 1.54) is 0 Å². The van der Waals surface area contributed by atoms with Crippen LogP contribution in [0.4, 0.5) is 0 Å². The Bertz CT molecular complexity index is 496. The highest BCUT2D eigenvalue weighted by molar-refractivity contribution is 5.97. The van der Waals surface area contributed by atoms with Crippen molar-refractivity contribution in [3.05, 3.63) is 35.9 Å². The number of carbonyl (C=O) groups excluding carboxylic acids is 2. The predicted molar refractivity (Wildman–Crippen MR) is 71.3 cm³/mol. The average Bonchev–Trinajstić information content (AvgIpc) is 2.34. The van der Waals surface area contributed by atoms with Crippen molar-refractivity contribution in [1.82, 2.24) is 10.2 Å². The molecule has 1 heterocycles. The number of benzene rings is 1. The third-order valence-corrected chi connectivity index (χ3v) is 4.09. The van der Waals surface area contributed by atoms with Gasteiger partial charge < -0.3 is 10.2 Å². The third-order valence-electron chi connectivity index (χ3n) is 4.09. The number of nitrogens with one attached hydrogen (secondary N) is 1. The van der Waals surface area contributed by atoms with Crippen LogP contribution in [0, 0.1) is 0 Å². The highest BCUT2D eigenvalue weighted by Gasteiger charge is 2.44. The van der Waals surface area contributed by atoms with Crippen LogP contribution < -0.4 is 5.32 Å². The summed E-state index contributed by atoms with van der Waals surface area (Å²) in [6.07, 6.45) is 3.16. The lowest BCUT2D eigenvalue weighted by atomic mass is 9.87. The van der Waals surface area contributed by atoms with E-state index in [4.69, 9.17) is 0 Å². The largest absolute Gasteiger partial charge is 0.342 e. The Labute approximate surface area is 112 Å². The molecule has 0 spiro atoms. The molecule has 1 N–H and O–H groups in total. The monoisotopic (exact) mass is 258 g/mol. The number of carbonyl (C=O) groups is 2. The fraction of sp³-hybridized carbons (Fsp3) is 0.467. The van der Waals surface area contributed by atoms with Gasteiger partial charge >= 0.3 is 0 Å². The Kier molecular flexibility index (Phi) is 3.01. The average molecular weight is 258 g/mol. The van der Waals surface area contributed by atoms with Crippen molar-refractivity contribution < 1.29 is 9.59 Å². The van der Waals surface area contributed by atoms with E-state index < -0.39 is 12.1 Å². The van der Waals surface area contributed by atoms with Crippen LogP contribution in [0.2, 0.25) is 0 Å². The van der Waals surface area contributed by atoms with Gasteiger partial charge in [0.25, 0.3) is 0 Å². The topological polar surface area (TPSA) is 49.4 Å². The Morgan fingerprint density at radius 1 is 1.16 bits per heavy atom. The molecule has 1 aromatic rings. The van der Waals surface area contributed by atoms with Crippen LogP contribution in [0.3, 0.4) is 0 Å². The van der Waals surface area contributed by atoms with Crippen LogP contribution in [0.25, 0.3) is 0 Å². The second kappa shape index (κ2) is 4.68. The normalized spacial score (nSPS) is 27.9. The van der Waals surface area contributed by atoms with E-state index in [1.807, 2.05) is 35.2 Å². The molecule has 2 amide bonds. The summed E-state index contributed by atoms with van der Waals surface area (Å²) in [5, 5.41) is 2.78. The van der Waals surface area contributed by atoms with Crippen molar-refractivity contribution >= 4 is 11.8 Å². The van der Waals surface area contributed by atoms with Gasteiger partial charge in [0.05, 0.1) is 0 Å². The SMILES string of the molecule is CC1NC(=O)C(c2ccccc2)N(C2CCC2)C1=O. The summed E-state index contributed by atoms with van der Waals surface area (Å²) in [6, 6.07) is 8.92. The Balaban J connectivity index is 1.97. The van der Waals surface area contributed by atoms with Gasteiger partial charge in [0.15, 0.2) is 0 Å². The molecule has 1 saturated heterocycles. The third kappa shape index (κ3) is 2.01. The quantitative estimate of drug-likeness (QED) is 0.876. The lowest BCUT2D eigenvalue weighted by Gasteiger charge is -2.46. The highest BCUT2D eigenvalue weighted by Crippen LogP contribution is 2.35. The van der Waals surface area contributed by atoms with E-state index in [2.05, 4.69) is 5.32 Å². The van der Waals surface area contributed by atoms with E-state index in [0.717, 1.165) is 24.8 Å². The summed E-state index contributed by atoms with van der Waals surface area (Å²) in [5.41, 5.74) is 0.896. The van der Waals surface area contributed by atoms with Gasteiger partial charge in [0, 0.05) is 6.04 Å².